The quantitative estimate of drug-likeness (QED) is 0.628. The molecule has 0 radical (unpaired) electrons. The molecule has 1 aromatic carbocycles. The zero-order chi connectivity index (χ0) is 13.1. The van der Waals surface area contributed by atoms with Crippen molar-refractivity contribution in [1.82, 2.24) is 0 Å². The molecule has 4 nitrogen and oxygen atoms in total. The molecule has 5 heteroatoms. The summed E-state index contributed by atoms with van der Waals surface area (Å²) in [5.41, 5.74) is 13.3. The molecule has 0 saturated heterocycles. The van der Waals surface area contributed by atoms with E-state index in [9.17, 15) is 4.79 Å². The number of fused-ring (bicyclic) bond motifs is 1. The van der Waals surface area contributed by atoms with Crippen molar-refractivity contribution in [2.24, 2.45) is 16.5 Å². The smallest absolute Gasteiger partial charge is 0.280 e. The molecule has 1 amide bonds. The van der Waals surface area contributed by atoms with Crippen molar-refractivity contribution in [2.75, 3.05) is 0 Å². The highest BCUT2D eigenvalue weighted by Crippen LogP contribution is 2.31. The molecule has 1 aromatic rings. The Morgan fingerprint density at radius 2 is 2.22 bits per heavy atom. The molecular formula is C13H15N3OS. The highest BCUT2D eigenvalue weighted by Gasteiger charge is 2.15. The van der Waals surface area contributed by atoms with E-state index in [4.69, 9.17) is 11.5 Å². The van der Waals surface area contributed by atoms with Gasteiger partial charge in [0.2, 0.25) is 0 Å². The summed E-state index contributed by atoms with van der Waals surface area (Å²) in [7, 11) is 0. The van der Waals surface area contributed by atoms with Crippen LogP contribution >= 0.6 is 11.8 Å². The van der Waals surface area contributed by atoms with Gasteiger partial charge in [0, 0.05) is 10.5 Å². The predicted octanol–water partition coefficient (Wildman–Crippen LogP) is 1.82. The maximum absolute atomic E-state index is 11.9. The Bertz CT molecular complexity index is 545. The fourth-order valence-electron chi connectivity index (χ4n) is 1.91. The first-order valence-electron chi connectivity index (χ1n) is 5.73. The maximum Gasteiger partial charge on any atom is 0.280 e. The molecule has 1 heterocycles. The summed E-state index contributed by atoms with van der Waals surface area (Å²) in [4.78, 5) is 16.7. The minimum absolute atomic E-state index is 0.202. The fraction of sp³-hybridized carbons (Fsp3) is 0.231. The molecule has 2 rings (SSSR count). The first-order chi connectivity index (χ1) is 8.61. The number of rotatable bonds is 2. The zero-order valence-corrected chi connectivity index (χ0v) is 11.0. The Hall–Kier alpha value is -1.75. The summed E-state index contributed by atoms with van der Waals surface area (Å²) in [6.45, 7) is 2.01. The van der Waals surface area contributed by atoms with Gasteiger partial charge in [-0.3, -0.25) is 4.79 Å². The van der Waals surface area contributed by atoms with Gasteiger partial charge >= 0.3 is 0 Å². The number of carbonyl (C=O) groups excluding carboxylic acids is 1. The Morgan fingerprint density at radius 3 is 2.89 bits per heavy atom. The molecule has 18 heavy (non-hydrogen) atoms. The maximum atomic E-state index is 11.9. The van der Waals surface area contributed by atoms with Crippen LogP contribution in [-0.2, 0) is 12.8 Å². The van der Waals surface area contributed by atoms with Crippen molar-refractivity contribution in [3.8, 4) is 0 Å². The third-order valence-corrected chi connectivity index (χ3v) is 3.72. The van der Waals surface area contributed by atoms with Crippen LogP contribution in [0, 0.1) is 0 Å². The van der Waals surface area contributed by atoms with Crippen LogP contribution in [-0.4, -0.2) is 11.9 Å². The van der Waals surface area contributed by atoms with Crippen molar-refractivity contribution < 1.29 is 4.79 Å². The highest BCUT2D eigenvalue weighted by atomic mass is 32.2. The molecule has 0 atom stereocenters. The lowest BCUT2D eigenvalue weighted by Crippen LogP contribution is -2.24. The predicted molar refractivity (Wildman–Crippen MR) is 74.7 cm³/mol. The van der Waals surface area contributed by atoms with Gasteiger partial charge < -0.3 is 11.5 Å². The van der Waals surface area contributed by atoms with E-state index < -0.39 is 0 Å². The van der Waals surface area contributed by atoms with Gasteiger partial charge in [0.25, 0.3) is 5.91 Å². The summed E-state index contributed by atoms with van der Waals surface area (Å²) in [6, 6.07) is 3.96. The standard InChI is InChI=1S/C13H15N3OS/c1-2-8-6-9-4-3-5-18-11(9)7-10(8)12(17)16-13(14)15/h3,5-7H,2,4H2,1H3,(H4,14,15,16,17). The average Bonchev–Trinajstić information content (AvgIpc) is 2.36. The lowest BCUT2D eigenvalue weighted by Gasteiger charge is -2.14. The Labute approximate surface area is 110 Å². The second-order valence-corrected chi connectivity index (χ2v) is 4.95. The van der Waals surface area contributed by atoms with Gasteiger partial charge in [-0.1, -0.05) is 30.8 Å². The highest BCUT2D eigenvalue weighted by molar-refractivity contribution is 8.02. The summed E-state index contributed by atoms with van der Waals surface area (Å²) in [6.07, 6.45) is 3.80. The minimum atomic E-state index is -0.371. The molecule has 4 N–H and O–H groups in total. The third-order valence-electron chi connectivity index (χ3n) is 2.76. The van der Waals surface area contributed by atoms with E-state index in [0.29, 0.717) is 5.56 Å². The van der Waals surface area contributed by atoms with Gasteiger partial charge in [0.15, 0.2) is 5.96 Å². The number of thioether (sulfide) groups is 1. The van der Waals surface area contributed by atoms with Gasteiger partial charge in [-0.05, 0) is 35.4 Å². The lowest BCUT2D eigenvalue weighted by atomic mass is 9.99. The van der Waals surface area contributed by atoms with Crippen LogP contribution in [0.1, 0.15) is 28.4 Å². The van der Waals surface area contributed by atoms with Crippen LogP contribution in [0.5, 0.6) is 0 Å². The fourth-order valence-corrected chi connectivity index (χ4v) is 2.73. The van der Waals surface area contributed by atoms with Crippen LogP contribution in [0.2, 0.25) is 0 Å². The number of guanidine groups is 1. The molecular weight excluding hydrogens is 246 g/mol. The summed E-state index contributed by atoms with van der Waals surface area (Å²) >= 11 is 1.61. The Balaban J connectivity index is 2.47. The van der Waals surface area contributed by atoms with Crippen LogP contribution < -0.4 is 11.5 Å². The number of carbonyl (C=O) groups is 1. The molecule has 0 spiro atoms. The molecule has 1 aliphatic rings. The Morgan fingerprint density at radius 1 is 1.44 bits per heavy atom. The molecule has 94 valence electrons. The number of hydrogen-bond donors (Lipinski definition) is 2. The number of nitrogens with two attached hydrogens (primary N) is 2. The summed E-state index contributed by atoms with van der Waals surface area (Å²) in [5, 5.41) is 2.03. The van der Waals surface area contributed by atoms with Crippen LogP contribution in [0.25, 0.3) is 0 Å². The molecule has 0 bridgehead atoms. The van der Waals surface area contributed by atoms with Crippen molar-refractivity contribution in [1.29, 1.82) is 0 Å². The number of nitrogens with zero attached hydrogens (tertiary/aromatic N) is 1. The largest absolute Gasteiger partial charge is 0.370 e. The molecule has 1 aliphatic heterocycles. The van der Waals surface area contributed by atoms with E-state index in [0.717, 1.165) is 23.3 Å². The van der Waals surface area contributed by atoms with Crippen molar-refractivity contribution in [3.05, 3.63) is 40.3 Å². The second-order valence-electron chi connectivity index (χ2n) is 4.01. The van der Waals surface area contributed by atoms with E-state index in [-0.39, 0.29) is 11.9 Å². The van der Waals surface area contributed by atoms with Gasteiger partial charge in [0.1, 0.15) is 0 Å². The molecule has 0 unspecified atom stereocenters. The summed E-state index contributed by atoms with van der Waals surface area (Å²) in [5.74, 6) is -0.572. The Kier molecular flexibility index (Phi) is 3.72. The van der Waals surface area contributed by atoms with Gasteiger partial charge in [-0.15, -0.1) is 0 Å². The number of benzene rings is 1. The lowest BCUT2D eigenvalue weighted by molar-refractivity contribution is 0.100. The average molecular weight is 261 g/mol. The van der Waals surface area contributed by atoms with E-state index in [2.05, 4.69) is 17.1 Å². The van der Waals surface area contributed by atoms with Crippen LogP contribution in [0.3, 0.4) is 0 Å². The minimum Gasteiger partial charge on any atom is -0.370 e. The first-order valence-corrected chi connectivity index (χ1v) is 6.61. The normalized spacial score (nSPS) is 12.9. The first kappa shape index (κ1) is 12.7. The number of aryl methyl sites for hydroxylation is 1. The van der Waals surface area contributed by atoms with Crippen molar-refractivity contribution in [3.63, 3.8) is 0 Å². The van der Waals surface area contributed by atoms with Gasteiger partial charge in [0.05, 0.1) is 0 Å². The molecule has 0 aliphatic carbocycles. The topological polar surface area (TPSA) is 81.5 Å². The van der Waals surface area contributed by atoms with E-state index >= 15 is 0 Å². The second kappa shape index (κ2) is 5.27. The van der Waals surface area contributed by atoms with E-state index in [1.54, 1.807) is 11.8 Å². The third kappa shape index (κ3) is 2.56. The summed E-state index contributed by atoms with van der Waals surface area (Å²) < 4.78 is 0. The number of allylic oxidation sites excluding steroid dienone is 1. The van der Waals surface area contributed by atoms with Crippen LogP contribution in [0.15, 0.2) is 33.5 Å². The van der Waals surface area contributed by atoms with Crippen LogP contribution in [0.4, 0.5) is 0 Å². The SMILES string of the molecule is CCc1cc2c(cc1C(=O)N=C(N)N)SC=CC2. The molecule has 0 fully saturated rings. The van der Waals surface area contributed by atoms with Gasteiger partial charge in [-0.2, -0.15) is 4.99 Å². The number of hydrogen-bond acceptors (Lipinski definition) is 2. The van der Waals surface area contributed by atoms with E-state index in [1.807, 2.05) is 18.4 Å². The van der Waals surface area contributed by atoms with Gasteiger partial charge in [-0.25, -0.2) is 0 Å². The monoisotopic (exact) mass is 261 g/mol. The molecule has 0 saturated carbocycles. The van der Waals surface area contributed by atoms with Crippen molar-refractivity contribution in [2.45, 2.75) is 24.7 Å². The number of amides is 1. The zero-order valence-electron chi connectivity index (χ0n) is 10.1. The van der Waals surface area contributed by atoms with Crippen molar-refractivity contribution >= 4 is 23.6 Å². The molecule has 0 aromatic heterocycles. The van der Waals surface area contributed by atoms with E-state index in [1.165, 1.54) is 5.56 Å². The number of aliphatic imine (C=N–C) groups is 1.